The van der Waals surface area contributed by atoms with Crippen LogP contribution in [0.4, 0.5) is 0 Å². The molecule has 0 aliphatic rings. The van der Waals surface area contributed by atoms with Crippen molar-refractivity contribution in [2.75, 3.05) is 0 Å². The standard InChI is InChI=1S/C22H16N2O2/c23-13-19-8-1-3-10-21(19)25-15-17-6-5-7-18(12-17)16-26-22-11-4-2-9-20(22)14-24/h1-12H,15-16H2. The van der Waals surface area contributed by atoms with Crippen molar-refractivity contribution in [3.8, 4) is 23.6 Å². The highest BCUT2D eigenvalue weighted by atomic mass is 16.5. The maximum atomic E-state index is 9.11. The highest BCUT2D eigenvalue weighted by Crippen LogP contribution is 2.20. The number of hydrogen-bond acceptors (Lipinski definition) is 4. The van der Waals surface area contributed by atoms with Crippen molar-refractivity contribution in [1.82, 2.24) is 0 Å². The Morgan fingerprint density at radius 2 is 1.08 bits per heavy atom. The molecule has 0 bridgehead atoms. The molecule has 0 fully saturated rings. The fourth-order valence-corrected chi connectivity index (χ4v) is 2.50. The molecule has 0 N–H and O–H groups in total. The first-order valence-corrected chi connectivity index (χ1v) is 8.12. The lowest BCUT2D eigenvalue weighted by atomic mass is 10.1. The van der Waals surface area contributed by atoms with Gasteiger partial charge < -0.3 is 9.47 Å². The van der Waals surface area contributed by atoms with Crippen LogP contribution in [0, 0.1) is 22.7 Å². The van der Waals surface area contributed by atoms with E-state index in [2.05, 4.69) is 12.1 Å². The Hall–Kier alpha value is -3.76. The molecule has 0 amide bonds. The van der Waals surface area contributed by atoms with Crippen molar-refractivity contribution >= 4 is 0 Å². The molecule has 0 spiro atoms. The van der Waals surface area contributed by atoms with Gasteiger partial charge in [-0.25, -0.2) is 0 Å². The lowest BCUT2D eigenvalue weighted by Gasteiger charge is -2.10. The molecule has 26 heavy (non-hydrogen) atoms. The Balaban J connectivity index is 1.65. The third-order valence-corrected chi connectivity index (χ3v) is 3.80. The summed E-state index contributed by atoms with van der Waals surface area (Å²) in [4.78, 5) is 0. The smallest absolute Gasteiger partial charge is 0.137 e. The summed E-state index contributed by atoms with van der Waals surface area (Å²) in [6.07, 6.45) is 0. The minimum Gasteiger partial charge on any atom is -0.488 e. The zero-order chi connectivity index (χ0) is 18.2. The quantitative estimate of drug-likeness (QED) is 0.658. The second-order valence-corrected chi connectivity index (χ2v) is 5.61. The van der Waals surface area contributed by atoms with E-state index in [9.17, 15) is 0 Å². The summed E-state index contributed by atoms with van der Waals surface area (Å²) in [5.41, 5.74) is 2.99. The molecular weight excluding hydrogens is 324 g/mol. The van der Waals surface area contributed by atoms with E-state index in [1.807, 2.05) is 48.5 Å². The number of nitriles is 2. The van der Waals surface area contributed by atoms with Gasteiger partial charge in [-0.2, -0.15) is 10.5 Å². The van der Waals surface area contributed by atoms with Gasteiger partial charge in [0.15, 0.2) is 0 Å². The van der Waals surface area contributed by atoms with E-state index in [1.165, 1.54) is 0 Å². The summed E-state index contributed by atoms with van der Waals surface area (Å²) >= 11 is 0. The van der Waals surface area contributed by atoms with Crippen LogP contribution in [0.15, 0.2) is 72.8 Å². The van der Waals surface area contributed by atoms with E-state index in [4.69, 9.17) is 20.0 Å². The number of ether oxygens (including phenoxy) is 2. The molecule has 4 heteroatoms. The Bertz CT molecular complexity index is 907. The van der Waals surface area contributed by atoms with Crippen LogP contribution in [0.2, 0.25) is 0 Å². The van der Waals surface area contributed by atoms with Crippen molar-refractivity contribution < 1.29 is 9.47 Å². The highest BCUT2D eigenvalue weighted by molar-refractivity contribution is 5.43. The topological polar surface area (TPSA) is 66.0 Å². The monoisotopic (exact) mass is 340 g/mol. The molecule has 0 aliphatic heterocycles. The summed E-state index contributed by atoms with van der Waals surface area (Å²) in [6.45, 7) is 0.725. The predicted octanol–water partition coefficient (Wildman–Crippen LogP) is 4.59. The Kier molecular flexibility index (Phi) is 5.50. The highest BCUT2D eigenvalue weighted by Gasteiger charge is 2.05. The van der Waals surface area contributed by atoms with E-state index in [1.54, 1.807) is 24.3 Å². The van der Waals surface area contributed by atoms with Crippen LogP contribution in [0.5, 0.6) is 11.5 Å². The summed E-state index contributed by atoms with van der Waals surface area (Å²) in [5.74, 6) is 1.14. The molecule has 0 radical (unpaired) electrons. The number of rotatable bonds is 6. The second kappa shape index (κ2) is 8.37. The zero-order valence-corrected chi connectivity index (χ0v) is 14.1. The van der Waals surface area contributed by atoms with Crippen molar-refractivity contribution in [2.45, 2.75) is 13.2 Å². The third kappa shape index (κ3) is 4.20. The lowest BCUT2D eigenvalue weighted by Crippen LogP contribution is -2.00. The normalized spacial score (nSPS) is 9.77. The molecule has 0 saturated heterocycles. The summed E-state index contributed by atoms with van der Waals surface area (Å²) in [6, 6.07) is 26.4. The predicted molar refractivity (Wildman–Crippen MR) is 97.4 cm³/mol. The SMILES string of the molecule is N#Cc1ccccc1OCc1cccc(COc2ccccc2C#N)c1. The van der Waals surface area contributed by atoms with E-state index in [0.717, 1.165) is 11.1 Å². The van der Waals surface area contributed by atoms with Gasteiger partial charge >= 0.3 is 0 Å². The van der Waals surface area contributed by atoms with E-state index < -0.39 is 0 Å². The van der Waals surface area contributed by atoms with Gasteiger partial charge in [-0.15, -0.1) is 0 Å². The third-order valence-electron chi connectivity index (χ3n) is 3.80. The van der Waals surface area contributed by atoms with Crippen molar-refractivity contribution in [3.63, 3.8) is 0 Å². The molecule has 0 aliphatic carbocycles. The van der Waals surface area contributed by atoms with Gasteiger partial charge in [0.1, 0.15) is 36.9 Å². The fourth-order valence-electron chi connectivity index (χ4n) is 2.50. The maximum absolute atomic E-state index is 9.11. The molecule has 0 heterocycles. The summed E-state index contributed by atoms with van der Waals surface area (Å²) in [5, 5.41) is 18.2. The van der Waals surface area contributed by atoms with Gasteiger partial charge in [-0.05, 0) is 41.5 Å². The Morgan fingerprint density at radius 1 is 0.615 bits per heavy atom. The summed E-state index contributed by atoms with van der Waals surface area (Å²) in [7, 11) is 0. The lowest BCUT2D eigenvalue weighted by molar-refractivity contribution is 0.299. The second-order valence-electron chi connectivity index (χ2n) is 5.61. The number of para-hydroxylation sites is 2. The first kappa shape index (κ1) is 17.1. The van der Waals surface area contributed by atoms with Crippen molar-refractivity contribution in [2.24, 2.45) is 0 Å². The van der Waals surface area contributed by atoms with Gasteiger partial charge in [-0.3, -0.25) is 0 Å². The average molecular weight is 340 g/mol. The minimum atomic E-state index is 0.362. The molecule has 3 aromatic rings. The van der Waals surface area contributed by atoms with E-state index in [0.29, 0.717) is 35.8 Å². The van der Waals surface area contributed by atoms with E-state index >= 15 is 0 Å². The van der Waals surface area contributed by atoms with Crippen molar-refractivity contribution in [1.29, 1.82) is 10.5 Å². The summed E-state index contributed by atoms with van der Waals surface area (Å²) < 4.78 is 11.5. The van der Waals surface area contributed by atoms with Crippen LogP contribution in [0.1, 0.15) is 22.3 Å². The average Bonchev–Trinajstić information content (AvgIpc) is 2.71. The first-order valence-electron chi connectivity index (χ1n) is 8.12. The molecular formula is C22H16N2O2. The number of hydrogen-bond donors (Lipinski definition) is 0. The fraction of sp³-hybridized carbons (Fsp3) is 0.0909. The number of nitrogens with zero attached hydrogens (tertiary/aromatic N) is 2. The van der Waals surface area contributed by atoms with Crippen LogP contribution >= 0.6 is 0 Å². The maximum Gasteiger partial charge on any atom is 0.137 e. The molecule has 126 valence electrons. The molecule has 3 aromatic carbocycles. The Labute approximate surface area is 152 Å². The van der Waals surface area contributed by atoms with Crippen LogP contribution in [0.3, 0.4) is 0 Å². The zero-order valence-electron chi connectivity index (χ0n) is 14.1. The van der Waals surface area contributed by atoms with Gasteiger partial charge in [-0.1, -0.05) is 42.5 Å². The molecule has 0 atom stereocenters. The van der Waals surface area contributed by atoms with Crippen LogP contribution in [-0.2, 0) is 13.2 Å². The largest absolute Gasteiger partial charge is 0.488 e. The Morgan fingerprint density at radius 3 is 1.54 bits per heavy atom. The molecule has 3 rings (SSSR count). The number of benzene rings is 3. The molecule has 0 aromatic heterocycles. The van der Waals surface area contributed by atoms with Gasteiger partial charge in [0.2, 0.25) is 0 Å². The molecule has 0 unspecified atom stereocenters. The van der Waals surface area contributed by atoms with Gasteiger partial charge in [0.25, 0.3) is 0 Å². The van der Waals surface area contributed by atoms with Gasteiger partial charge in [0.05, 0.1) is 11.1 Å². The van der Waals surface area contributed by atoms with Crippen molar-refractivity contribution in [3.05, 3.63) is 95.1 Å². The molecule has 0 saturated carbocycles. The van der Waals surface area contributed by atoms with Crippen LogP contribution in [-0.4, -0.2) is 0 Å². The minimum absolute atomic E-state index is 0.362. The van der Waals surface area contributed by atoms with Crippen LogP contribution < -0.4 is 9.47 Å². The van der Waals surface area contributed by atoms with Gasteiger partial charge in [0, 0.05) is 0 Å². The van der Waals surface area contributed by atoms with Crippen LogP contribution in [0.25, 0.3) is 0 Å². The van der Waals surface area contributed by atoms with E-state index in [-0.39, 0.29) is 0 Å². The molecule has 4 nitrogen and oxygen atoms in total. The first-order chi connectivity index (χ1) is 12.8.